The number of aryl methyl sites for hydroxylation is 1. The molecule has 0 unspecified atom stereocenters. The zero-order valence-electron chi connectivity index (χ0n) is 10.9. The Morgan fingerprint density at radius 3 is 2.35 bits per heavy atom. The van der Waals surface area contributed by atoms with Gasteiger partial charge in [0.1, 0.15) is 5.75 Å². The second kappa shape index (κ2) is 6.96. The molecule has 2 rings (SSSR count). The molecule has 0 spiro atoms. The highest BCUT2D eigenvalue weighted by Crippen LogP contribution is 2.12. The lowest BCUT2D eigenvalue weighted by Gasteiger charge is -2.05. The maximum Gasteiger partial charge on any atom is 0.338 e. The molecule has 0 aromatic heterocycles. The van der Waals surface area contributed by atoms with Crippen molar-refractivity contribution in [2.45, 2.75) is 12.8 Å². The Bertz CT molecular complexity index is 561. The van der Waals surface area contributed by atoms with E-state index < -0.39 is 0 Å². The van der Waals surface area contributed by atoms with Crippen LogP contribution in [-0.4, -0.2) is 17.7 Å². The molecule has 0 saturated carbocycles. The molecule has 0 radical (unpaired) electrons. The van der Waals surface area contributed by atoms with Gasteiger partial charge in [-0.3, -0.25) is 0 Å². The van der Waals surface area contributed by atoms with Crippen LogP contribution in [-0.2, 0) is 11.2 Å². The minimum Gasteiger partial charge on any atom is -0.508 e. The zero-order valence-corrected chi connectivity index (χ0v) is 11.6. The third-order valence-electron chi connectivity index (χ3n) is 2.86. The predicted octanol–water partition coefficient (Wildman–Crippen LogP) is 3.84. The number of aromatic hydroxyl groups is 1. The van der Waals surface area contributed by atoms with E-state index in [2.05, 4.69) is 0 Å². The smallest absolute Gasteiger partial charge is 0.338 e. The van der Waals surface area contributed by atoms with Crippen LogP contribution in [0, 0.1) is 0 Å². The van der Waals surface area contributed by atoms with Gasteiger partial charge in [0.25, 0.3) is 0 Å². The van der Waals surface area contributed by atoms with Crippen molar-refractivity contribution in [1.29, 1.82) is 0 Å². The van der Waals surface area contributed by atoms with Gasteiger partial charge in [-0.2, -0.15) is 0 Å². The molecule has 104 valence electrons. The summed E-state index contributed by atoms with van der Waals surface area (Å²) in [6.45, 7) is 0.363. The molecule has 0 aliphatic carbocycles. The Morgan fingerprint density at radius 2 is 1.70 bits per heavy atom. The summed E-state index contributed by atoms with van der Waals surface area (Å²) in [5.41, 5.74) is 1.60. The molecule has 3 nitrogen and oxygen atoms in total. The number of carbonyl (C=O) groups excluding carboxylic acids is 1. The lowest BCUT2D eigenvalue weighted by molar-refractivity contribution is 0.0500. The molecule has 1 N–H and O–H groups in total. The average Bonchev–Trinajstić information content (AvgIpc) is 2.46. The van der Waals surface area contributed by atoms with Crippen molar-refractivity contribution in [3.63, 3.8) is 0 Å². The highest BCUT2D eigenvalue weighted by Gasteiger charge is 2.06. The number of carbonyl (C=O) groups is 1. The Balaban J connectivity index is 1.74. The number of halogens is 1. The number of esters is 1. The van der Waals surface area contributed by atoms with Gasteiger partial charge in [0.2, 0.25) is 0 Å². The van der Waals surface area contributed by atoms with Gasteiger partial charge in [0.05, 0.1) is 12.2 Å². The van der Waals surface area contributed by atoms with Gasteiger partial charge in [-0.05, 0) is 54.8 Å². The Labute approximate surface area is 122 Å². The standard InChI is InChI=1S/C16H15ClO3/c17-14-7-3-12(4-8-14)2-1-11-20-16(19)13-5-9-15(18)10-6-13/h3-10,18H,1-2,11H2. The average molecular weight is 291 g/mol. The van der Waals surface area contributed by atoms with E-state index >= 15 is 0 Å². The number of hydrogen-bond donors (Lipinski definition) is 1. The van der Waals surface area contributed by atoms with Gasteiger partial charge in [0.15, 0.2) is 0 Å². The maximum absolute atomic E-state index is 11.7. The molecular formula is C16H15ClO3. The number of hydrogen-bond acceptors (Lipinski definition) is 3. The summed E-state index contributed by atoms with van der Waals surface area (Å²) in [5, 5.41) is 9.85. The number of benzene rings is 2. The third-order valence-corrected chi connectivity index (χ3v) is 3.11. The van der Waals surface area contributed by atoms with Crippen LogP contribution in [0.3, 0.4) is 0 Å². The van der Waals surface area contributed by atoms with Gasteiger partial charge in [0, 0.05) is 5.02 Å². The molecule has 0 heterocycles. The number of phenols is 1. The SMILES string of the molecule is O=C(OCCCc1ccc(Cl)cc1)c1ccc(O)cc1. The molecule has 0 bridgehead atoms. The van der Waals surface area contributed by atoms with Gasteiger partial charge in [-0.15, -0.1) is 0 Å². The fourth-order valence-corrected chi connectivity index (χ4v) is 1.90. The summed E-state index contributed by atoms with van der Waals surface area (Å²) in [4.78, 5) is 11.7. The number of ether oxygens (including phenoxy) is 1. The van der Waals surface area contributed by atoms with Crippen molar-refractivity contribution >= 4 is 17.6 Å². The van der Waals surface area contributed by atoms with Gasteiger partial charge in [-0.1, -0.05) is 23.7 Å². The number of rotatable bonds is 5. The molecule has 0 fully saturated rings. The highest BCUT2D eigenvalue weighted by molar-refractivity contribution is 6.30. The normalized spacial score (nSPS) is 10.2. The van der Waals surface area contributed by atoms with Crippen LogP contribution in [0.15, 0.2) is 48.5 Å². The second-order valence-corrected chi connectivity index (χ2v) is 4.85. The third kappa shape index (κ3) is 4.28. The minimum atomic E-state index is -0.374. The second-order valence-electron chi connectivity index (χ2n) is 4.41. The highest BCUT2D eigenvalue weighted by atomic mass is 35.5. The van der Waals surface area contributed by atoms with E-state index in [9.17, 15) is 4.79 Å². The maximum atomic E-state index is 11.7. The molecule has 20 heavy (non-hydrogen) atoms. The molecule has 0 amide bonds. The van der Waals surface area contributed by atoms with E-state index in [0.29, 0.717) is 17.2 Å². The first-order valence-electron chi connectivity index (χ1n) is 6.36. The van der Waals surface area contributed by atoms with Crippen LogP contribution < -0.4 is 0 Å². The predicted molar refractivity (Wildman–Crippen MR) is 78.2 cm³/mol. The van der Waals surface area contributed by atoms with Crippen LogP contribution >= 0.6 is 11.6 Å². The fraction of sp³-hybridized carbons (Fsp3) is 0.188. The molecule has 0 aliphatic rings. The first-order chi connectivity index (χ1) is 9.65. The Morgan fingerprint density at radius 1 is 1.05 bits per heavy atom. The van der Waals surface area contributed by atoms with E-state index in [-0.39, 0.29) is 11.7 Å². The van der Waals surface area contributed by atoms with E-state index in [1.807, 2.05) is 24.3 Å². The monoisotopic (exact) mass is 290 g/mol. The van der Waals surface area contributed by atoms with Crippen molar-refractivity contribution in [1.82, 2.24) is 0 Å². The van der Waals surface area contributed by atoms with Crippen molar-refractivity contribution in [3.8, 4) is 5.75 Å². The first-order valence-corrected chi connectivity index (χ1v) is 6.73. The Kier molecular flexibility index (Phi) is 5.02. The summed E-state index contributed by atoms with van der Waals surface area (Å²) in [7, 11) is 0. The van der Waals surface area contributed by atoms with Gasteiger partial charge < -0.3 is 9.84 Å². The van der Waals surface area contributed by atoms with Crippen LogP contribution in [0.5, 0.6) is 5.75 Å². The fourth-order valence-electron chi connectivity index (χ4n) is 1.77. The quantitative estimate of drug-likeness (QED) is 0.672. The largest absolute Gasteiger partial charge is 0.508 e. The summed E-state index contributed by atoms with van der Waals surface area (Å²) in [6, 6.07) is 13.6. The summed E-state index contributed by atoms with van der Waals surface area (Å²) < 4.78 is 5.17. The van der Waals surface area contributed by atoms with Crippen LogP contribution in [0.2, 0.25) is 5.02 Å². The summed E-state index contributed by atoms with van der Waals surface area (Å²) >= 11 is 5.81. The molecule has 2 aromatic carbocycles. The lowest BCUT2D eigenvalue weighted by Crippen LogP contribution is -2.06. The van der Waals surface area contributed by atoms with Crippen molar-refractivity contribution in [2.75, 3.05) is 6.61 Å². The van der Waals surface area contributed by atoms with Crippen molar-refractivity contribution in [3.05, 3.63) is 64.7 Å². The van der Waals surface area contributed by atoms with Gasteiger partial charge >= 0.3 is 5.97 Å². The molecule has 0 atom stereocenters. The molecule has 4 heteroatoms. The van der Waals surface area contributed by atoms with E-state index in [1.165, 1.54) is 24.3 Å². The van der Waals surface area contributed by atoms with Crippen molar-refractivity contribution in [2.24, 2.45) is 0 Å². The Hall–Kier alpha value is -2.00. The summed E-state index contributed by atoms with van der Waals surface area (Å²) in [5.74, 6) is -0.245. The van der Waals surface area contributed by atoms with Gasteiger partial charge in [-0.25, -0.2) is 4.79 Å². The van der Waals surface area contributed by atoms with E-state index in [1.54, 1.807) is 0 Å². The molecule has 0 aliphatic heterocycles. The number of phenolic OH excluding ortho intramolecular Hbond substituents is 1. The summed E-state index contributed by atoms with van der Waals surface area (Å²) in [6.07, 6.45) is 1.59. The van der Waals surface area contributed by atoms with E-state index in [0.717, 1.165) is 18.4 Å². The van der Waals surface area contributed by atoms with Crippen LogP contribution in [0.25, 0.3) is 0 Å². The zero-order chi connectivity index (χ0) is 14.4. The lowest BCUT2D eigenvalue weighted by atomic mass is 10.1. The topological polar surface area (TPSA) is 46.5 Å². The minimum absolute atomic E-state index is 0.129. The molecule has 2 aromatic rings. The van der Waals surface area contributed by atoms with Crippen LogP contribution in [0.4, 0.5) is 0 Å². The van der Waals surface area contributed by atoms with Crippen LogP contribution in [0.1, 0.15) is 22.3 Å². The molecule has 0 saturated heterocycles. The molecular weight excluding hydrogens is 276 g/mol. The van der Waals surface area contributed by atoms with Crippen molar-refractivity contribution < 1.29 is 14.6 Å². The van der Waals surface area contributed by atoms with E-state index in [4.69, 9.17) is 21.4 Å². The first kappa shape index (κ1) is 14.4.